The number of urea groups is 1. The summed E-state index contributed by atoms with van der Waals surface area (Å²) in [6.07, 6.45) is 0. The van der Waals surface area contributed by atoms with Crippen LogP contribution in [0.15, 0.2) is 42.5 Å². The largest absolute Gasteiger partial charge is 0.454 e. The number of hydrogen-bond acceptors (Lipinski definition) is 4. The molecule has 0 aliphatic carbocycles. The summed E-state index contributed by atoms with van der Waals surface area (Å²) in [7, 11) is 0. The van der Waals surface area contributed by atoms with Crippen molar-refractivity contribution in [3.63, 3.8) is 0 Å². The van der Waals surface area contributed by atoms with Crippen LogP contribution in [-0.2, 0) is 0 Å². The predicted octanol–water partition coefficient (Wildman–Crippen LogP) is 2.93. The Morgan fingerprint density at radius 1 is 1.05 bits per heavy atom. The van der Waals surface area contributed by atoms with Gasteiger partial charge in [0.25, 0.3) is 0 Å². The number of benzene rings is 2. The third-order valence-corrected chi connectivity index (χ3v) is 2.88. The molecule has 0 aromatic heterocycles. The first-order valence-corrected chi connectivity index (χ1v) is 6.22. The van der Waals surface area contributed by atoms with Gasteiger partial charge in [-0.3, -0.25) is 0 Å². The number of nitriles is 1. The molecule has 1 aliphatic rings. The van der Waals surface area contributed by atoms with E-state index in [0.29, 0.717) is 28.4 Å². The molecule has 1 aliphatic heterocycles. The molecule has 0 unspecified atom stereocenters. The predicted molar refractivity (Wildman–Crippen MR) is 76.4 cm³/mol. The van der Waals surface area contributed by atoms with Crippen molar-refractivity contribution in [3.8, 4) is 17.6 Å². The van der Waals surface area contributed by atoms with E-state index in [2.05, 4.69) is 10.6 Å². The van der Waals surface area contributed by atoms with Crippen molar-refractivity contribution in [3.05, 3.63) is 48.0 Å². The first kappa shape index (κ1) is 12.8. The Balaban J connectivity index is 1.67. The zero-order chi connectivity index (χ0) is 14.7. The van der Waals surface area contributed by atoms with Crippen LogP contribution < -0.4 is 20.1 Å². The molecule has 2 aromatic carbocycles. The van der Waals surface area contributed by atoms with Gasteiger partial charge in [-0.25, -0.2) is 4.79 Å². The van der Waals surface area contributed by atoms with Gasteiger partial charge in [-0.15, -0.1) is 0 Å². The molecule has 21 heavy (non-hydrogen) atoms. The van der Waals surface area contributed by atoms with Gasteiger partial charge >= 0.3 is 6.03 Å². The first-order chi connectivity index (χ1) is 10.2. The highest BCUT2D eigenvalue weighted by Crippen LogP contribution is 2.34. The lowest BCUT2D eigenvalue weighted by Gasteiger charge is -2.08. The van der Waals surface area contributed by atoms with Crippen LogP contribution in [0.5, 0.6) is 11.5 Å². The number of carbonyl (C=O) groups is 1. The van der Waals surface area contributed by atoms with Crippen LogP contribution in [0, 0.1) is 11.3 Å². The van der Waals surface area contributed by atoms with Crippen molar-refractivity contribution in [1.29, 1.82) is 5.26 Å². The maximum Gasteiger partial charge on any atom is 0.323 e. The molecule has 3 rings (SSSR count). The van der Waals surface area contributed by atoms with Gasteiger partial charge in [-0.1, -0.05) is 6.07 Å². The molecule has 0 saturated carbocycles. The van der Waals surface area contributed by atoms with E-state index in [1.807, 2.05) is 6.07 Å². The molecule has 0 radical (unpaired) electrons. The summed E-state index contributed by atoms with van der Waals surface area (Å²) in [6, 6.07) is 13.4. The van der Waals surface area contributed by atoms with Crippen LogP contribution >= 0.6 is 0 Å². The van der Waals surface area contributed by atoms with E-state index in [0.717, 1.165) is 0 Å². The molecule has 0 fully saturated rings. The van der Waals surface area contributed by atoms with Crippen LogP contribution in [0.1, 0.15) is 5.56 Å². The summed E-state index contributed by atoms with van der Waals surface area (Å²) >= 11 is 0. The minimum Gasteiger partial charge on any atom is -0.454 e. The van der Waals surface area contributed by atoms with Crippen molar-refractivity contribution in [2.45, 2.75) is 0 Å². The molecule has 0 bridgehead atoms. The minimum atomic E-state index is -0.399. The van der Waals surface area contributed by atoms with Gasteiger partial charge in [-0.05, 0) is 30.3 Å². The fourth-order valence-electron chi connectivity index (χ4n) is 1.93. The van der Waals surface area contributed by atoms with Gasteiger partial charge < -0.3 is 20.1 Å². The van der Waals surface area contributed by atoms with Gasteiger partial charge in [0, 0.05) is 17.4 Å². The highest BCUT2D eigenvalue weighted by molar-refractivity contribution is 6.00. The summed E-state index contributed by atoms with van der Waals surface area (Å²) in [4.78, 5) is 11.9. The topological polar surface area (TPSA) is 83.4 Å². The fraction of sp³-hybridized carbons (Fsp3) is 0.0667. The number of ether oxygens (including phenoxy) is 2. The third-order valence-electron chi connectivity index (χ3n) is 2.88. The zero-order valence-electron chi connectivity index (χ0n) is 10.9. The number of amides is 2. The molecule has 2 aromatic rings. The van der Waals surface area contributed by atoms with E-state index >= 15 is 0 Å². The molecule has 2 amide bonds. The number of nitrogens with one attached hydrogen (secondary N) is 2. The summed E-state index contributed by atoms with van der Waals surface area (Å²) in [5.41, 5.74) is 1.62. The van der Waals surface area contributed by atoms with E-state index in [9.17, 15) is 4.79 Å². The van der Waals surface area contributed by atoms with E-state index < -0.39 is 6.03 Å². The lowest BCUT2D eigenvalue weighted by atomic mass is 10.2. The Morgan fingerprint density at radius 2 is 1.81 bits per heavy atom. The van der Waals surface area contributed by atoms with Crippen LogP contribution in [0.4, 0.5) is 16.2 Å². The van der Waals surface area contributed by atoms with Crippen LogP contribution in [-0.4, -0.2) is 12.8 Å². The van der Waals surface area contributed by atoms with Crippen LogP contribution in [0.2, 0.25) is 0 Å². The first-order valence-electron chi connectivity index (χ1n) is 6.22. The SMILES string of the molecule is N#Cc1cccc(NC(=O)Nc2ccc3c(c2)OCO3)c1. The molecule has 1 heterocycles. The molecule has 0 saturated heterocycles. The quantitative estimate of drug-likeness (QED) is 0.886. The molecule has 2 N–H and O–H groups in total. The summed E-state index contributed by atoms with van der Waals surface area (Å²) in [5, 5.41) is 14.2. The molecular weight excluding hydrogens is 270 g/mol. The van der Waals surface area contributed by atoms with Crippen molar-refractivity contribution < 1.29 is 14.3 Å². The highest BCUT2D eigenvalue weighted by Gasteiger charge is 2.14. The van der Waals surface area contributed by atoms with Crippen molar-refractivity contribution in [2.24, 2.45) is 0 Å². The average Bonchev–Trinajstić information content (AvgIpc) is 2.95. The van der Waals surface area contributed by atoms with Crippen molar-refractivity contribution in [1.82, 2.24) is 0 Å². The summed E-state index contributed by atoms with van der Waals surface area (Å²) in [5.74, 6) is 1.25. The normalized spacial score (nSPS) is 11.6. The van der Waals surface area contributed by atoms with Crippen molar-refractivity contribution >= 4 is 17.4 Å². The van der Waals surface area contributed by atoms with E-state index in [-0.39, 0.29) is 6.79 Å². The monoisotopic (exact) mass is 281 g/mol. The van der Waals surface area contributed by atoms with Gasteiger partial charge in [0.2, 0.25) is 6.79 Å². The average molecular weight is 281 g/mol. The third kappa shape index (κ3) is 2.87. The van der Waals surface area contributed by atoms with Crippen LogP contribution in [0.3, 0.4) is 0 Å². The molecule has 0 atom stereocenters. The molecule has 6 heteroatoms. The zero-order valence-corrected chi connectivity index (χ0v) is 10.9. The second-order valence-electron chi connectivity index (χ2n) is 4.34. The maximum absolute atomic E-state index is 11.9. The Hall–Kier alpha value is -3.20. The standard InChI is InChI=1S/C15H11N3O3/c16-8-10-2-1-3-11(6-10)17-15(19)18-12-4-5-13-14(7-12)21-9-20-13/h1-7H,9H2,(H2,17,18,19). The second kappa shape index (κ2) is 5.43. The minimum absolute atomic E-state index is 0.186. The molecule has 104 valence electrons. The number of fused-ring (bicyclic) bond motifs is 1. The number of rotatable bonds is 2. The number of anilines is 2. The molecule has 6 nitrogen and oxygen atoms in total. The van der Waals surface area contributed by atoms with E-state index in [4.69, 9.17) is 14.7 Å². The molecular formula is C15H11N3O3. The van der Waals surface area contributed by atoms with Crippen LogP contribution in [0.25, 0.3) is 0 Å². The summed E-state index contributed by atoms with van der Waals surface area (Å²) in [6.45, 7) is 0.186. The Bertz CT molecular complexity index is 737. The van der Waals surface area contributed by atoms with E-state index in [1.165, 1.54) is 0 Å². The fourth-order valence-corrected chi connectivity index (χ4v) is 1.93. The number of nitrogens with zero attached hydrogens (tertiary/aromatic N) is 1. The Kier molecular flexibility index (Phi) is 3.31. The van der Waals surface area contributed by atoms with Gasteiger partial charge in [0.1, 0.15) is 0 Å². The smallest absolute Gasteiger partial charge is 0.323 e. The second-order valence-corrected chi connectivity index (χ2v) is 4.34. The molecule has 0 spiro atoms. The van der Waals surface area contributed by atoms with Crippen molar-refractivity contribution in [2.75, 3.05) is 17.4 Å². The van der Waals surface area contributed by atoms with Gasteiger partial charge in [0.05, 0.1) is 11.6 Å². The van der Waals surface area contributed by atoms with Gasteiger partial charge in [-0.2, -0.15) is 5.26 Å². The number of carbonyl (C=O) groups excluding carboxylic acids is 1. The highest BCUT2D eigenvalue weighted by atomic mass is 16.7. The lowest BCUT2D eigenvalue weighted by Crippen LogP contribution is -2.19. The summed E-state index contributed by atoms with van der Waals surface area (Å²) < 4.78 is 10.4. The van der Waals surface area contributed by atoms with Gasteiger partial charge in [0.15, 0.2) is 11.5 Å². The Labute approximate surface area is 120 Å². The number of hydrogen-bond donors (Lipinski definition) is 2. The lowest BCUT2D eigenvalue weighted by molar-refractivity contribution is 0.174. The maximum atomic E-state index is 11.9. The Morgan fingerprint density at radius 3 is 2.62 bits per heavy atom. The van der Waals surface area contributed by atoms with E-state index in [1.54, 1.807) is 42.5 Å².